The summed E-state index contributed by atoms with van der Waals surface area (Å²) in [6, 6.07) is 2.08. The van der Waals surface area contributed by atoms with Gasteiger partial charge >= 0.3 is 6.18 Å². The molecule has 0 aromatic heterocycles. The van der Waals surface area contributed by atoms with Crippen LogP contribution in [0.3, 0.4) is 0 Å². The van der Waals surface area contributed by atoms with E-state index in [9.17, 15) is 17.6 Å². The summed E-state index contributed by atoms with van der Waals surface area (Å²) in [7, 11) is 0. The van der Waals surface area contributed by atoms with Crippen LogP contribution in [-0.4, -0.2) is 0 Å². The van der Waals surface area contributed by atoms with Gasteiger partial charge in [-0.05, 0) is 36.5 Å². The Hall–Kier alpha value is -0.810. The average Bonchev–Trinajstić information content (AvgIpc) is 2.80. The minimum atomic E-state index is -4.56. The highest BCUT2D eigenvalue weighted by Crippen LogP contribution is 2.40. The Morgan fingerprint density at radius 1 is 1.16 bits per heavy atom. The van der Waals surface area contributed by atoms with Crippen molar-refractivity contribution < 1.29 is 17.6 Å². The molecular formula is C13H16ClF4N. The average molecular weight is 298 g/mol. The molecule has 0 heterocycles. The fraction of sp³-hybridized carbons (Fsp3) is 0.538. The van der Waals surface area contributed by atoms with Crippen LogP contribution in [0.1, 0.15) is 42.9 Å². The van der Waals surface area contributed by atoms with Gasteiger partial charge in [-0.25, -0.2) is 4.39 Å². The molecule has 0 bridgehead atoms. The zero-order valence-electron chi connectivity index (χ0n) is 10.2. The van der Waals surface area contributed by atoms with E-state index in [2.05, 4.69) is 0 Å². The second kappa shape index (κ2) is 6.09. The Labute approximate surface area is 115 Å². The highest BCUT2D eigenvalue weighted by Gasteiger charge is 2.37. The van der Waals surface area contributed by atoms with E-state index in [4.69, 9.17) is 5.73 Å². The Morgan fingerprint density at radius 2 is 1.74 bits per heavy atom. The molecule has 0 saturated heterocycles. The second-order valence-corrected chi connectivity index (χ2v) is 4.80. The van der Waals surface area contributed by atoms with Crippen LogP contribution >= 0.6 is 12.4 Å². The van der Waals surface area contributed by atoms with Gasteiger partial charge in [0.25, 0.3) is 0 Å². The van der Waals surface area contributed by atoms with Crippen LogP contribution < -0.4 is 5.73 Å². The summed E-state index contributed by atoms with van der Waals surface area (Å²) in [5.74, 6) is -0.818. The minimum absolute atomic E-state index is 0. The van der Waals surface area contributed by atoms with E-state index in [-0.39, 0.29) is 23.9 Å². The van der Waals surface area contributed by atoms with Gasteiger partial charge in [-0.1, -0.05) is 18.9 Å². The van der Waals surface area contributed by atoms with Crippen LogP contribution in [0.15, 0.2) is 18.2 Å². The van der Waals surface area contributed by atoms with Gasteiger partial charge in [0, 0.05) is 6.04 Å². The molecule has 108 valence electrons. The van der Waals surface area contributed by atoms with Crippen molar-refractivity contribution >= 4 is 12.4 Å². The van der Waals surface area contributed by atoms with E-state index in [0.29, 0.717) is 6.07 Å². The van der Waals surface area contributed by atoms with Gasteiger partial charge in [0.05, 0.1) is 5.56 Å². The maximum absolute atomic E-state index is 13.0. The van der Waals surface area contributed by atoms with Crippen LogP contribution in [0.5, 0.6) is 0 Å². The Bertz CT molecular complexity index is 427. The molecular weight excluding hydrogens is 282 g/mol. The van der Waals surface area contributed by atoms with E-state index < -0.39 is 23.6 Å². The number of benzene rings is 1. The van der Waals surface area contributed by atoms with Crippen molar-refractivity contribution in [1.29, 1.82) is 0 Å². The molecule has 1 aliphatic carbocycles. The Kier molecular flexibility index (Phi) is 5.21. The van der Waals surface area contributed by atoms with E-state index in [0.717, 1.165) is 31.7 Å². The van der Waals surface area contributed by atoms with Crippen molar-refractivity contribution in [3.63, 3.8) is 0 Å². The lowest BCUT2D eigenvalue weighted by atomic mass is 9.89. The smallest absolute Gasteiger partial charge is 0.324 e. The highest BCUT2D eigenvalue weighted by atomic mass is 35.5. The summed E-state index contributed by atoms with van der Waals surface area (Å²) in [5.41, 5.74) is 4.99. The molecule has 19 heavy (non-hydrogen) atoms. The lowest BCUT2D eigenvalue weighted by molar-refractivity contribution is -0.138. The number of alkyl halides is 3. The SMILES string of the molecule is Cl.N[C@@H](c1ccc(F)cc1C(F)(F)F)C1CCCC1. The van der Waals surface area contributed by atoms with Crippen molar-refractivity contribution in [2.45, 2.75) is 37.9 Å². The van der Waals surface area contributed by atoms with Gasteiger partial charge in [0.1, 0.15) is 5.82 Å². The third-order valence-corrected chi connectivity index (χ3v) is 3.59. The molecule has 6 heteroatoms. The van der Waals surface area contributed by atoms with Crippen LogP contribution in [0, 0.1) is 11.7 Å². The van der Waals surface area contributed by atoms with Crippen molar-refractivity contribution in [2.24, 2.45) is 11.7 Å². The standard InChI is InChI=1S/C13H15F4N.ClH/c14-9-5-6-10(11(7-9)13(15,16)17)12(18)8-3-1-2-4-8;/h5-8,12H,1-4,18H2;1H/t12-;/m1./s1. The molecule has 2 rings (SSSR count). The molecule has 1 saturated carbocycles. The molecule has 0 amide bonds. The molecule has 1 aliphatic rings. The van der Waals surface area contributed by atoms with Crippen LogP contribution in [0.2, 0.25) is 0 Å². The predicted molar refractivity (Wildman–Crippen MR) is 67.5 cm³/mol. The number of nitrogens with two attached hydrogens (primary N) is 1. The van der Waals surface area contributed by atoms with Crippen molar-refractivity contribution in [3.05, 3.63) is 35.1 Å². The van der Waals surface area contributed by atoms with Gasteiger partial charge in [-0.2, -0.15) is 13.2 Å². The Balaban J connectivity index is 0.00000180. The normalized spacial score (nSPS) is 18.2. The van der Waals surface area contributed by atoms with E-state index in [1.165, 1.54) is 6.07 Å². The summed E-state index contributed by atoms with van der Waals surface area (Å²) < 4.78 is 51.5. The number of rotatable bonds is 2. The van der Waals surface area contributed by atoms with Crippen LogP contribution in [0.4, 0.5) is 17.6 Å². The predicted octanol–water partition coefficient (Wildman–Crippen LogP) is 4.46. The molecule has 0 radical (unpaired) electrons. The largest absolute Gasteiger partial charge is 0.416 e. The molecule has 0 unspecified atom stereocenters. The van der Waals surface area contributed by atoms with Crippen molar-refractivity contribution in [2.75, 3.05) is 0 Å². The molecule has 1 aromatic rings. The lowest BCUT2D eigenvalue weighted by Crippen LogP contribution is -2.23. The topological polar surface area (TPSA) is 26.0 Å². The molecule has 0 aliphatic heterocycles. The molecule has 1 aromatic carbocycles. The monoisotopic (exact) mass is 297 g/mol. The number of hydrogen-bond acceptors (Lipinski definition) is 1. The van der Waals surface area contributed by atoms with Gasteiger partial charge in [0.15, 0.2) is 0 Å². The van der Waals surface area contributed by atoms with E-state index >= 15 is 0 Å². The molecule has 1 fully saturated rings. The van der Waals surface area contributed by atoms with Crippen molar-refractivity contribution in [1.82, 2.24) is 0 Å². The third kappa shape index (κ3) is 3.60. The Morgan fingerprint density at radius 3 is 2.26 bits per heavy atom. The fourth-order valence-electron chi connectivity index (χ4n) is 2.64. The quantitative estimate of drug-likeness (QED) is 0.802. The van der Waals surface area contributed by atoms with Gasteiger partial charge < -0.3 is 5.73 Å². The summed E-state index contributed by atoms with van der Waals surface area (Å²) in [4.78, 5) is 0. The van der Waals surface area contributed by atoms with E-state index in [1.54, 1.807) is 0 Å². The van der Waals surface area contributed by atoms with Crippen molar-refractivity contribution in [3.8, 4) is 0 Å². The maximum Gasteiger partial charge on any atom is 0.416 e. The number of halogens is 5. The van der Waals surface area contributed by atoms with Crippen LogP contribution in [0.25, 0.3) is 0 Å². The third-order valence-electron chi connectivity index (χ3n) is 3.59. The first kappa shape index (κ1) is 16.2. The minimum Gasteiger partial charge on any atom is -0.324 e. The lowest BCUT2D eigenvalue weighted by Gasteiger charge is -2.23. The zero-order valence-corrected chi connectivity index (χ0v) is 11.0. The summed E-state index contributed by atoms with van der Waals surface area (Å²) in [6.07, 6.45) is -0.874. The molecule has 1 atom stereocenters. The summed E-state index contributed by atoms with van der Waals surface area (Å²) in [6.45, 7) is 0. The van der Waals surface area contributed by atoms with Gasteiger partial charge in [-0.15, -0.1) is 12.4 Å². The summed E-state index contributed by atoms with van der Waals surface area (Å²) >= 11 is 0. The molecule has 1 nitrogen and oxygen atoms in total. The first-order valence-electron chi connectivity index (χ1n) is 6.02. The molecule has 0 spiro atoms. The van der Waals surface area contributed by atoms with E-state index in [1.807, 2.05) is 0 Å². The summed E-state index contributed by atoms with van der Waals surface area (Å²) in [5, 5.41) is 0. The number of hydrogen-bond donors (Lipinski definition) is 1. The highest BCUT2D eigenvalue weighted by molar-refractivity contribution is 5.85. The first-order valence-corrected chi connectivity index (χ1v) is 6.02. The van der Waals surface area contributed by atoms with Gasteiger partial charge in [-0.3, -0.25) is 0 Å². The fourth-order valence-corrected chi connectivity index (χ4v) is 2.64. The van der Waals surface area contributed by atoms with Crippen LogP contribution in [-0.2, 0) is 6.18 Å². The molecule has 2 N–H and O–H groups in total. The second-order valence-electron chi connectivity index (χ2n) is 4.80. The first-order chi connectivity index (χ1) is 8.39. The van der Waals surface area contributed by atoms with Gasteiger partial charge in [0.2, 0.25) is 0 Å². The zero-order chi connectivity index (χ0) is 13.3. The maximum atomic E-state index is 13.0.